The maximum atomic E-state index is 11.9. The Balaban J connectivity index is 1.81. The van der Waals surface area contributed by atoms with Crippen molar-refractivity contribution in [3.8, 4) is 0 Å². The Labute approximate surface area is 211 Å². The minimum atomic E-state index is -1.81. The van der Waals surface area contributed by atoms with Crippen molar-refractivity contribution in [1.29, 1.82) is 0 Å². The molecule has 15 atom stereocenters. The van der Waals surface area contributed by atoms with Gasteiger partial charge in [-0.05, 0) is 6.92 Å². The van der Waals surface area contributed by atoms with Crippen molar-refractivity contribution < 1.29 is 74.4 Å². The van der Waals surface area contributed by atoms with Crippen LogP contribution in [0.25, 0.3) is 0 Å². The molecule has 0 spiro atoms. The molecule has 216 valence electrons. The van der Waals surface area contributed by atoms with E-state index in [9.17, 15) is 50.8 Å². The molecule has 0 aromatic rings. The number of carbonyl (C=O) groups excluding carboxylic acids is 1. The molecule has 0 radical (unpaired) electrons. The van der Waals surface area contributed by atoms with Crippen LogP contribution in [0.5, 0.6) is 0 Å². The fraction of sp³-hybridized carbons (Fsp3) is 0.952. The number of hydrogen-bond donors (Lipinski definition) is 10. The summed E-state index contributed by atoms with van der Waals surface area (Å²) in [5, 5.41) is 93.3. The van der Waals surface area contributed by atoms with E-state index >= 15 is 0 Å². The molecule has 0 saturated carbocycles. The topological polar surface area (TPSA) is 257 Å². The van der Waals surface area contributed by atoms with Crippen LogP contribution in [-0.4, -0.2) is 164 Å². The normalized spacial score (nSPS) is 49.0. The van der Waals surface area contributed by atoms with Gasteiger partial charge in [-0.25, -0.2) is 0 Å². The van der Waals surface area contributed by atoms with Crippen LogP contribution in [0.4, 0.5) is 0 Å². The zero-order chi connectivity index (χ0) is 27.6. The fourth-order valence-electron chi connectivity index (χ4n) is 4.70. The van der Waals surface area contributed by atoms with Crippen molar-refractivity contribution >= 4 is 5.91 Å². The molecule has 3 aliphatic rings. The van der Waals surface area contributed by atoms with E-state index in [1.54, 1.807) is 0 Å². The average molecular weight is 544 g/mol. The summed E-state index contributed by atoms with van der Waals surface area (Å²) < 4.78 is 27.9. The zero-order valence-corrected chi connectivity index (χ0v) is 20.3. The van der Waals surface area contributed by atoms with E-state index in [1.807, 2.05) is 0 Å². The summed E-state index contributed by atoms with van der Waals surface area (Å²) >= 11 is 0. The summed E-state index contributed by atoms with van der Waals surface area (Å²) in [6, 6.07) is -1.37. The third-order valence-corrected chi connectivity index (χ3v) is 6.75. The molecule has 3 saturated heterocycles. The van der Waals surface area contributed by atoms with Crippen LogP contribution in [0, 0.1) is 0 Å². The van der Waals surface area contributed by atoms with Gasteiger partial charge in [0, 0.05) is 6.92 Å². The molecule has 16 nitrogen and oxygen atoms in total. The van der Waals surface area contributed by atoms with Crippen LogP contribution in [0.1, 0.15) is 13.8 Å². The van der Waals surface area contributed by atoms with Gasteiger partial charge in [0.05, 0.1) is 25.9 Å². The van der Waals surface area contributed by atoms with Crippen LogP contribution in [-0.2, 0) is 28.5 Å². The molecule has 6 unspecified atom stereocenters. The molecule has 3 fully saturated rings. The van der Waals surface area contributed by atoms with Crippen LogP contribution in [0.2, 0.25) is 0 Å². The Morgan fingerprint density at radius 3 is 1.76 bits per heavy atom. The number of rotatable bonds is 8. The lowest BCUT2D eigenvalue weighted by Crippen LogP contribution is -2.69. The highest BCUT2D eigenvalue weighted by molar-refractivity contribution is 5.73. The van der Waals surface area contributed by atoms with E-state index in [2.05, 4.69) is 5.32 Å². The molecule has 0 aliphatic carbocycles. The van der Waals surface area contributed by atoms with Gasteiger partial charge in [0.25, 0.3) is 0 Å². The average Bonchev–Trinajstić information content (AvgIpc) is 2.86. The molecule has 0 aromatic heterocycles. The maximum Gasteiger partial charge on any atom is 0.217 e. The first-order chi connectivity index (χ1) is 17.4. The molecule has 1 amide bonds. The number of hydrogen-bond acceptors (Lipinski definition) is 15. The lowest BCUT2D eigenvalue weighted by Gasteiger charge is -2.49. The van der Waals surface area contributed by atoms with Gasteiger partial charge in [-0.15, -0.1) is 0 Å². The number of nitrogens with one attached hydrogen (secondary N) is 1. The Hall–Kier alpha value is -1.09. The van der Waals surface area contributed by atoms with Crippen molar-refractivity contribution in [3.05, 3.63) is 0 Å². The van der Waals surface area contributed by atoms with Crippen molar-refractivity contribution in [2.75, 3.05) is 19.8 Å². The van der Waals surface area contributed by atoms with Crippen molar-refractivity contribution in [3.63, 3.8) is 0 Å². The summed E-state index contributed by atoms with van der Waals surface area (Å²) in [7, 11) is 0. The van der Waals surface area contributed by atoms with Gasteiger partial charge in [-0.3, -0.25) is 4.79 Å². The summed E-state index contributed by atoms with van der Waals surface area (Å²) in [6.45, 7) is 0.595. The Morgan fingerprint density at radius 1 is 0.676 bits per heavy atom. The molecule has 37 heavy (non-hydrogen) atoms. The molecular weight excluding hydrogens is 506 g/mol. The molecule has 16 heteroatoms. The predicted molar refractivity (Wildman–Crippen MR) is 116 cm³/mol. The Morgan fingerprint density at radius 2 is 1.19 bits per heavy atom. The van der Waals surface area contributed by atoms with Crippen LogP contribution >= 0.6 is 0 Å². The summed E-state index contributed by atoms with van der Waals surface area (Å²) in [6.07, 6.45) is -20.5. The van der Waals surface area contributed by atoms with Gasteiger partial charge in [0.1, 0.15) is 73.2 Å². The van der Waals surface area contributed by atoms with Crippen molar-refractivity contribution in [2.24, 2.45) is 0 Å². The summed E-state index contributed by atoms with van der Waals surface area (Å²) in [5.74, 6) is -0.621. The van der Waals surface area contributed by atoms with Gasteiger partial charge in [-0.1, -0.05) is 0 Å². The monoisotopic (exact) mass is 543 g/mol. The summed E-state index contributed by atoms with van der Waals surface area (Å²) in [5.41, 5.74) is 0. The lowest BCUT2D eigenvalue weighted by molar-refractivity contribution is -0.359. The zero-order valence-electron chi connectivity index (χ0n) is 20.3. The third-order valence-electron chi connectivity index (χ3n) is 6.75. The minimum Gasteiger partial charge on any atom is -0.394 e. The number of aliphatic hydroxyl groups is 9. The van der Waals surface area contributed by atoms with Gasteiger partial charge in [0.15, 0.2) is 12.6 Å². The smallest absolute Gasteiger partial charge is 0.217 e. The highest BCUT2D eigenvalue weighted by atomic mass is 16.7. The first-order valence-corrected chi connectivity index (χ1v) is 11.9. The first kappa shape index (κ1) is 30.5. The highest BCUT2D eigenvalue weighted by Crippen LogP contribution is 2.32. The van der Waals surface area contributed by atoms with E-state index < -0.39 is 118 Å². The molecule has 0 aromatic carbocycles. The van der Waals surface area contributed by atoms with E-state index in [0.29, 0.717) is 0 Å². The van der Waals surface area contributed by atoms with Crippen molar-refractivity contribution in [1.82, 2.24) is 5.32 Å². The maximum absolute atomic E-state index is 11.9. The predicted octanol–water partition coefficient (Wildman–Crippen LogP) is -6.36. The Bertz CT molecular complexity index is 745. The van der Waals surface area contributed by atoms with E-state index in [-0.39, 0.29) is 0 Å². The van der Waals surface area contributed by atoms with E-state index in [4.69, 9.17) is 23.7 Å². The highest BCUT2D eigenvalue weighted by Gasteiger charge is 2.53. The third kappa shape index (κ3) is 6.39. The van der Waals surface area contributed by atoms with Crippen LogP contribution < -0.4 is 5.32 Å². The van der Waals surface area contributed by atoms with Gasteiger partial charge < -0.3 is 75.0 Å². The first-order valence-electron chi connectivity index (χ1n) is 11.9. The van der Waals surface area contributed by atoms with Gasteiger partial charge in [0.2, 0.25) is 5.91 Å². The van der Waals surface area contributed by atoms with Crippen LogP contribution in [0.15, 0.2) is 0 Å². The second-order valence-electron chi connectivity index (χ2n) is 9.38. The molecular formula is C21H37NO15. The minimum absolute atomic E-state index is 0.563. The lowest BCUT2D eigenvalue weighted by atomic mass is 9.93. The standard InChI is InChI=1S/C21H37NO15/c1-6-18(16(31)13(28)8(3-23)33-6)36-20-11(22-7(2)26)14(29)19(10(5-25)35-20)37-21-17(32)15(30)12(27)9(4-24)34-21/h6,8-21,23-25,27-32H,3-5H2,1-2H3,(H,22,26)/t6-,8?,9?,10?,11?,12+,13-,14-,15+,16+,17?,18?,19-,20+,21+/m1/s1. The second-order valence-corrected chi connectivity index (χ2v) is 9.38. The SMILES string of the molecule is CC(=O)NC1[C@H](OC2[C@@H](O)[C@H](O)C(CO)O[C@@H]2C)OC(CO)[C@@H](O[C@@H]2OC(CO)[C@H](O)[C@H](O)C2O)[C@@H]1O. The van der Waals surface area contributed by atoms with Crippen LogP contribution in [0.3, 0.4) is 0 Å². The van der Waals surface area contributed by atoms with Gasteiger partial charge >= 0.3 is 0 Å². The quantitative estimate of drug-likeness (QED) is 0.137. The second kappa shape index (κ2) is 12.8. The van der Waals surface area contributed by atoms with E-state index in [1.165, 1.54) is 6.92 Å². The van der Waals surface area contributed by atoms with Gasteiger partial charge in [-0.2, -0.15) is 0 Å². The van der Waals surface area contributed by atoms with Crippen molar-refractivity contribution in [2.45, 2.75) is 106 Å². The number of carbonyl (C=O) groups is 1. The number of amides is 1. The molecule has 3 heterocycles. The number of ether oxygens (including phenoxy) is 5. The molecule has 10 N–H and O–H groups in total. The molecule has 0 bridgehead atoms. The number of aliphatic hydroxyl groups excluding tert-OH is 9. The fourth-order valence-corrected chi connectivity index (χ4v) is 4.70. The largest absolute Gasteiger partial charge is 0.394 e. The molecule has 3 aliphatic heterocycles. The molecule has 3 rings (SSSR count). The Kier molecular flexibility index (Phi) is 10.6. The summed E-state index contributed by atoms with van der Waals surface area (Å²) in [4.78, 5) is 11.9. The van der Waals surface area contributed by atoms with E-state index in [0.717, 1.165) is 6.92 Å².